The molecule has 1 N–H and O–H groups in total. The maximum atomic E-state index is 13.1. The Bertz CT molecular complexity index is 1170. The molecule has 158 valence electrons. The predicted octanol–water partition coefficient (Wildman–Crippen LogP) is 2.85. The number of carbonyl (C=O) groups excluding carboxylic acids is 1. The number of nitrogens with zero attached hydrogens (tertiary/aromatic N) is 4. The average Bonchev–Trinajstić information content (AvgIpc) is 3.37. The number of thiophene rings is 1. The van der Waals surface area contributed by atoms with E-state index in [-0.39, 0.29) is 16.7 Å². The van der Waals surface area contributed by atoms with E-state index in [2.05, 4.69) is 20.4 Å². The lowest BCUT2D eigenvalue weighted by atomic mass is 9.99. The number of hydrogen-bond donors (Lipinski definition) is 1. The van der Waals surface area contributed by atoms with Crippen LogP contribution in [0.5, 0.6) is 0 Å². The van der Waals surface area contributed by atoms with Crippen molar-refractivity contribution in [3.8, 4) is 11.4 Å². The molecule has 30 heavy (non-hydrogen) atoms. The van der Waals surface area contributed by atoms with Crippen LogP contribution in [0.1, 0.15) is 24.3 Å². The molecule has 0 spiro atoms. The second-order valence-electron chi connectivity index (χ2n) is 7.20. The van der Waals surface area contributed by atoms with Crippen molar-refractivity contribution < 1.29 is 17.7 Å². The van der Waals surface area contributed by atoms with Gasteiger partial charge in [0.15, 0.2) is 0 Å². The first-order valence-corrected chi connectivity index (χ1v) is 11.8. The zero-order valence-electron chi connectivity index (χ0n) is 16.5. The summed E-state index contributed by atoms with van der Waals surface area (Å²) in [5, 5.41) is 8.31. The van der Waals surface area contributed by atoms with E-state index in [1.165, 1.54) is 4.31 Å². The molecule has 0 bridgehead atoms. The lowest BCUT2D eigenvalue weighted by Gasteiger charge is -2.30. The summed E-state index contributed by atoms with van der Waals surface area (Å²) in [5.41, 5.74) is 1.57. The van der Waals surface area contributed by atoms with Gasteiger partial charge in [-0.1, -0.05) is 5.16 Å². The van der Waals surface area contributed by atoms with Crippen LogP contribution in [0, 0.1) is 19.8 Å². The molecule has 1 saturated heterocycles. The van der Waals surface area contributed by atoms with E-state index in [0.717, 1.165) is 16.9 Å². The van der Waals surface area contributed by atoms with E-state index >= 15 is 0 Å². The second-order valence-corrected chi connectivity index (χ2v) is 10.3. The molecule has 0 saturated carbocycles. The maximum absolute atomic E-state index is 13.1. The molecule has 3 aromatic rings. The van der Waals surface area contributed by atoms with E-state index in [4.69, 9.17) is 4.52 Å². The number of aryl methyl sites for hydroxylation is 2. The Morgan fingerprint density at radius 3 is 2.90 bits per heavy atom. The van der Waals surface area contributed by atoms with Crippen molar-refractivity contribution in [1.29, 1.82) is 0 Å². The molecule has 0 aliphatic carbocycles. The zero-order chi connectivity index (χ0) is 21.3. The molecule has 0 aromatic carbocycles. The van der Waals surface area contributed by atoms with Gasteiger partial charge in [0.2, 0.25) is 17.6 Å². The minimum Gasteiger partial charge on any atom is -0.339 e. The number of sulfonamides is 1. The van der Waals surface area contributed by atoms with Gasteiger partial charge in [0.25, 0.3) is 10.0 Å². The van der Waals surface area contributed by atoms with Crippen LogP contribution in [0.25, 0.3) is 11.4 Å². The Kier molecular flexibility index (Phi) is 5.67. The van der Waals surface area contributed by atoms with Crippen molar-refractivity contribution in [2.75, 3.05) is 18.4 Å². The largest absolute Gasteiger partial charge is 0.339 e. The van der Waals surface area contributed by atoms with Gasteiger partial charge >= 0.3 is 0 Å². The number of hydrogen-bond acceptors (Lipinski definition) is 8. The Hall–Kier alpha value is -2.63. The third kappa shape index (κ3) is 4.27. The first kappa shape index (κ1) is 20.6. The summed E-state index contributed by atoms with van der Waals surface area (Å²) >= 11 is 1.11. The van der Waals surface area contributed by atoms with Gasteiger partial charge < -0.3 is 9.84 Å². The van der Waals surface area contributed by atoms with Crippen LogP contribution >= 0.6 is 11.3 Å². The summed E-state index contributed by atoms with van der Waals surface area (Å²) in [6.45, 7) is 4.10. The fraction of sp³-hybridized carbons (Fsp3) is 0.368. The molecule has 1 amide bonds. The SMILES string of the molecule is Cc1ccnc(NC(=O)[C@@H]2CCCN(S(=O)(=O)c3cc(-c4noc(C)n4)cs3)C2)c1. The van der Waals surface area contributed by atoms with Crippen molar-refractivity contribution in [2.45, 2.75) is 30.9 Å². The fourth-order valence-electron chi connectivity index (χ4n) is 3.32. The van der Waals surface area contributed by atoms with Gasteiger partial charge in [-0.15, -0.1) is 11.3 Å². The van der Waals surface area contributed by atoms with Crippen molar-refractivity contribution in [3.05, 3.63) is 41.2 Å². The molecule has 1 aliphatic rings. The lowest BCUT2D eigenvalue weighted by molar-refractivity contribution is -0.120. The molecule has 1 fully saturated rings. The Morgan fingerprint density at radius 1 is 1.33 bits per heavy atom. The van der Waals surface area contributed by atoms with Crippen LogP contribution in [0.4, 0.5) is 5.82 Å². The van der Waals surface area contributed by atoms with Crippen molar-refractivity contribution in [1.82, 2.24) is 19.4 Å². The third-order valence-corrected chi connectivity index (χ3v) is 8.16. The van der Waals surface area contributed by atoms with Crippen LogP contribution in [-0.4, -0.2) is 46.8 Å². The fourth-order valence-corrected chi connectivity index (χ4v) is 6.15. The normalized spacial score (nSPS) is 17.7. The monoisotopic (exact) mass is 447 g/mol. The van der Waals surface area contributed by atoms with Crippen molar-refractivity contribution >= 4 is 33.1 Å². The van der Waals surface area contributed by atoms with E-state index < -0.39 is 15.9 Å². The van der Waals surface area contributed by atoms with Crippen LogP contribution < -0.4 is 5.32 Å². The Balaban J connectivity index is 1.48. The first-order chi connectivity index (χ1) is 14.3. The number of aromatic nitrogens is 3. The highest BCUT2D eigenvalue weighted by Gasteiger charge is 2.34. The second kappa shape index (κ2) is 8.25. The number of piperidine rings is 1. The Labute approximate surface area is 178 Å². The Morgan fingerprint density at radius 2 is 2.17 bits per heavy atom. The third-order valence-electron chi connectivity index (χ3n) is 4.88. The molecular formula is C19H21N5O4S2. The van der Waals surface area contributed by atoms with Gasteiger partial charge in [-0.3, -0.25) is 4.79 Å². The van der Waals surface area contributed by atoms with Crippen LogP contribution in [0.3, 0.4) is 0 Å². The molecule has 1 aliphatic heterocycles. The zero-order valence-corrected chi connectivity index (χ0v) is 18.2. The standard InChI is InChI=1S/C19H21N5O4S2/c1-12-5-6-20-16(8-12)22-19(25)14-4-3-7-24(10-14)30(26,27)17-9-15(11-29-17)18-21-13(2)28-23-18/h5-6,8-9,11,14H,3-4,7,10H2,1-2H3,(H,20,22,25)/t14-/m1/s1. The molecule has 4 rings (SSSR count). The van der Waals surface area contributed by atoms with Crippen LogP contribution in [-0.2, 0) is 14.8 Å². The molecule has 3 aromatic heterocycles. The average molecular weight is 448 g/mol. The highest BCUT2D eigenvalue weighted by atomic mass is 32.2. The lowest BCUT2D eigenvalue weighted by Crippen LogP contribution is -2.43. The minimum atomic E-state index is -3.72. The van der Waals surface area contributed by atoms with Gasteiger partial charge in [0.1, 0.15) is 10.0 Å². The molecule has 11 heteroatoms. The summed E-state index contributed by atoms with van der Waals surface area (Å²) in [5.74, 6) is 0.580. The minimum absolute atomic E-state index is 0.133. The summed E-state index contributed by atoms with van der Waals surface area (Å²) in [7, 11) is -3.72. The van der Waals surface area contributed by atoms with Gasteiger partial charge in [-0.05, 0) is 43.5 Å². The maximum Gasteiger partial charge on any atom is 0.252 e. The summed E-state index contributed by atoms with van der Waals surface area (Å²) in [6.07, 6.45) is 2.87. The number of carbonyl (C=O) groups is 1. The number of pyridine rings is 1. The predicted molar refractivity (Wildman–Crippen MR) is 111 cm³/mol. The summed E-state index contributed by atoms with van der Waals surface area (Å²) in [6, 6.07) is 5.17. The molecule has 0 radical (unpaired) electrons. The van der Waals surface area contributed by atoms with Gasteiger partial charge in [0.05, 0.1) is 5.92 Å². The summed E-state index contributed by atoms with van der Waals surface area (Å²) < 4.78 is 32.8. The summed E-state index contributed by atoms with van der Waals surface area (Å²) in [4.78, 5) is 21.0. The number of rotatable bonds is 5. The van der Waals surface area contributed by atoms with Crippen LogP contribution in [0.2, 0.25) is 0 Å². The van der Waals surface area contributed by atoms with Crippen LogP contribution in [0.15, 0.2) is 38.5 Å². The van der Waals surface area contributed by atoms with E-state index in [1.54, 1.807) is 30.6 Å². The number of amides is 1. The molecule has 1 atom stereocenters. The highest BCUT2D eigenvalue weighted by molar-refractivity contribution is 7.91. The van der Waals surface area contributed by atoms with Gasteiger partial charge in [-0.2, -0.15) is 9.29 Å². The van der Waals surface area contributed by atoms with Crippen molar-refractivity contribution in [3.63, 3.8) is 0 Å². The highest BCUT2D eigenvalue weighted by Crippen LogP contribution is 2.31. The molecular weight excluding hydrogens is 426 g/mol. The van der Waals surface area contributed by atoms with E-state index in [1.807, 2.05) is 13.0 Å². The van der Waals surface area contributed by atoms with E-state index in [0.29, 0.717) is 42.5 Å². The van der Waals surface area contributed by atoms with Crippen molar-refractivity contribution in [2.24, 2.45) is 5.92 Å². The molecule has 4 heterocycles. The molecule has 0 unspecified atom stereocenters. The first-order valence-electron chi connectivity index (χ1n) is 9.46. The number of anilines is 1. The molecule has 9 nitrogen and oxygen atoms in total. The topological polar surface area (TPSA) is 118 Å². The van der Waals surface area contributed by atoms with Gasteiger partial charge in [0, 0.05) is 37.2 Å². The van der Waals surface area contributed by atoms with E-state index in [9.17, 15) is 13.2 Å². The smallest absolute Gasteiger partial charge is 0.252 e. The van der Waals surface area contributed by atoms with Gasteiger partial charge in [-0.25, -0.2) is 13.4 Å². The number of nitrogens with one attached hydrogen (secondary N) is 1. The quantitative estimate of drug-likeness (QED) is 0.639.